The van der Waals surface area contributed by atoms with Crippen molar-refractivity contribution in [1.82, 2.24) is 0 Å². The first kappa shape index (κ1) is 11.2. The van der Waals surface area contributed by atoms with Crippen LogP contribution in [-0.2, 0) is 0 Å². The molecule has 0 saturated heterocycles. The topological polar surface area (TPSA) is 61.6 Å². The molecule has 0 spiro atoms. The number of nitro groups is 1. The van der Waals surface area contributed by atoms with E-state index in [9.17, 15) is 18.9 Å². The first-order valence-electron chi connectivity index (χ1n) is 3.81. The number of hydrogen-bond donors (Lipinski definition) is 0. The smallest absolute Gasteiger partial charge is 0.387 e. The van der Waals surface area contributed by atoms with Crippen molar-refractivity contribution < 1.29 is 23.2 Å². The molecule has 0 bridgehead atoms. The zero-order chi connectivity index (χ0) is 11.4. The molecule has 0 aromatic heterocycles. The number of nitrogens with zero attached hydrogens (tertiary/aromatic N) is 1. The Morgan fingerprint density at radius 2 is 1.93 bits per heavy atom. The van der Waals surface area contributed by atoms with Crippen LogP contribution in [0.3, 0.4) is 0 Å². The van der Waals surface area contributed by atoms with E-state index in [0.717, 1.165) is 18.2 Å². The monoisotopic (exact) mass is 219 g/mol. The number of rotatable bonds is 4. The largest absolute Gasteiger partial charge is 0.496 e. The van der Waals surface area contributed by atoms with Crippen molar-refractivity contribution in [1.29, 1.82) is 0 Å². The fourth-order valence-electron chi connectivity index (χ4n) is 0.951. The molecular weight excluding hydrogens is 212 g/mol. The Kier molecular flexibility index (Phi) is 3.37. The summed E-state index contributed by atoms with van der Waals surface area (Å²) in [5, 5.41) is 10.4. The van der Waals surface area contributed by atoms with Gasteiger partial charge in [-0.1, -0.05) is 0 Å². The molecule has 0 N–H and O–H groups in total. The molecule has 0 amide bonds. The summed E-state index contributed by atoms with van der Waals surface area (Å²) in [7, 11) is 1.27. The second-order valence-corrected chi connectivity index (χ2v) is 2.50. The van der Waals surface area contributed by atoms with Crippen LogP contribution in [0.2, 0.25) is 0 Å². The predicted molar refractivity (Wildman–Crippen MR) is 46.3 cm³/mol. The molecule has 0 saturated carbocycles. The number of alkyl halides is 2. The third-order valence-corrected chi connectivity index (χ3v) is 1.54. The average molecular weight is 219 g/mol. The quantitative estimate of drug-likeness (QED) is 0.575. The van der Waals surface area contributed by atoms with Gasteiger partial charge in [0.25, 0.3) is 5.69 Å². The van der Waals surface area contributed by atoms with Gasteiger partial charge in [0.15, 0.2) is 0 Å². The first-order chi connectivity index (χ1) is 7.02. The molecule has 1 aromatic rings. The van der Waals surface area contributed by atoms with Gasteiger partial charge < -0.3 is 9.47 Å². The first-order valence-corrected chi connectivity index (χ1v) is 3.81. The van der Waals surface area contributed by atoms with Crippen molar-refractivity contribution >= 4 is 5.69 Å². The van der Waals surface area contributed by atoms with Crippen LogP contribution in [0.15, 0.2) is 18.2 Å². The van der Waals surface area contributed by atoms with Gasteiger partial charge in [-0.2, -0.15) is 8.78 Å². The second-order valence-electron chi connectivity index (χ2n) is 2.50. The van der Waals surface area contributed by atoms with Gasteiger partial charge in [-0.25, -0.2) is 0 Å². The molecule has 0 unspecified atom stereocenters. The third kappa shape index (κ3) is 3.04. The second kappa shape index (κ2) is 4.54. The highest BCUT2D eigenvalue weighted by atomic mass is 19.3. The lowest BCUT2D eigenvalue weighted by Gasteiger charge is -2.06. The standard InChI is InChI=1S/C8H7F2NO4/c1-14-6-2-5(11(12)13)3-7(4-6)15-8(9)10/h2-4,8H,1H3. The number of non-ortho nitro benzene ring substituents is 1. The summed E-state index contributed by atoms with van der Waals surface area (Å²) in [4.78, 5) is 9.69. The van der Waals surface area contributed by atoms with E-state index < -0.39 is 11.5 Å². The van der Waals surface area contributed by atoms with E-state index in [1.807, 2.05) is 0 Å². The van der Waals surface area contributed by atoms with Crippen LogP contribution in [0.1, 0.15) is 0 Å². The van der Waals surface area contributed by atoms with Gasteiger partial charge in [-0.15, -0.1) is 0 Å². The SMILES string of the molecule is COc1cc(OC(F)F)cc([N+](=O)[O-])c1. The highest BCUT2D eigenvalue weighted by Crippen LogP contribution is 2.28. The summed E-state index contributed by atoms with van der Waals surface area (Å²) in [6.07, 6.45) is 0. The lowest BCUT2D eigenvalue weighted by molar-refractivity contribution is -0.385. The molecule has 0 fully saturated rings. The van der Waals surface area contributed by atoms with Crippen LogP contribution < -0.4 is 9.47 Å². The van der Waals surface area contributed by atoms with Crippen LogP contribution in [0.25, 0.3) is 0 Å². The van der Waals surface area contributed by atoms with Crippen molar-refractivity contribution in [2.24, 2.45) is 0 Å². The summed E-state index contributed by atoms with van der Waals surface area (Å²) in [5.74, 6) is -0.226. The fraction of sp³-hybridized carbons (Fsp3) is 0.250. The summed E-state index contributed by atoms with van der Waals surface area (Å²) in [5.41, 5.74) is -0.370. The Bertz CT molecular complexity index is 370. The van der Waals surface area contributed by atoms with Crippen LogP contribution in [0, 0.1) is 10.1 Å². The zero-order valence-corrected chi connectivity index (χ0v) is 7.65. The van der Waals surface area contributed by atoms with E-state index >= 15 is 0 Å². The number of ether oxygens (including phenoxy) is 2. The van der Waals surface area contributed by atoms with Crippen molar-refractivity contribution in [2.45, 2.75) is 6.61 Å². The normalized spacial score (nSPS) is 10.1. The number of benzene rings is 1. The van der Waals surface area contributed by atoms with Crippen LogP contribution in [0.4, 0.5) is 14.5 Å². The lowest BCUT2D eigenvalue weighted by atomic mass is 10.3. The van der Waals surface area contributed by atoms with Crippen LogP contribution in [-0.4, -0.2) is 18.6 Å². The Morgan fingerprint density at radius 1 is 1.33 bits per heavy atom. The van der Waals surface area contributed by atoms with E-state index in [-0.39, 0.29) is 17.2 Å². The Balaban J connectivity index is 3.05. The van der Waals surface area contributed by atoms with E-state index in [1.165, 1.54) is 7.11 Å². The Labute approximate surface area is 83.4 Å². The van der Waals surface area contributed by atoms with E-state index in [0.29, 0.717) is 0 Å². The molecule has 5 nitrogen and oxygen atoms in total. The van der Waals surface area contributed by atoms with Gasteiger partial charge in [0.05, 0.1) is 24.2 Å². The van der Waals surface area contributed by atoms with Gasteiger partial charge in [-0.05, 0) is 0 Å². The van der Waals surface area contributed by atoms with Gasteiger partial charge in [0.1, 0.15) is 11.5 Å². The summed E-state index contributed by atoms with van der Waals surface area (Å²) in [6.45, 7) is -3.03. The molecule has 1 rings (SSSR count). The van der Waals surface area contributed by atoms with Gasteiger partial charge in [0.2, 0.25) is 0 Å². The molecule has 0 atom stereocenters. The van der Waals surface area contributed by atoms with Crippen molar-refractivity contribution in [2.75, 3.05) is 7.11 Å². The maximum absolute atomic E-state index is 11.9. The summed E-state index contributed by atoms with van der Waals surface area (Å²) in [6, 6.07) is 3.15. The van der Waals surface area contributed by atoms with E-state index in [4.69, 9.17) is 4.74 Å². The number of nitro benzene ring substituents is 1. The highest BCUT2D eigenvalue weighted by molar-refractivity contribution is 5.45. The lowest BCUT2D eigenvalue weighted by Crippen LogP contribution is -2.02. The van der Waals surface area contributed by atoms with Crippen molar-refractivity contribution in [3.8, 4) is 11.5 Å². The van der Waals surface area contributed by atoms with E-state index in [2.05, 4.69) is 4.74 Å². The maximum Gasteiger partial charge on any atom is 0.387 e. The summed E-state index contributed by atoms with van der Waals surface area (Å²) < 4.78 is 32.4. The molecule has 7 heteroatoms. The molecule has 0 aliphatic carbocycles. The van der Waals surface area contributed by atoms with Crippen LogP contribution in [0.5, 0.6) is 11.5 Å². The molecular formula is C8H7F2NO4. The number of halogens is 2. The molecule has 0 aliphatic rings. The molecule has 0 aliphatic heterocycles. The third-order valence-electron chi connectivity index (χ3n) is 1.54. The minimum atomic E-state index is -3.03. The van der Waals surface area contributed by atoms with Gasteiger partial charge in [-0.3, -0.25) is 10.1 Å². The van der Waals surface area contributed by atoms with Gasteiger partial charge >= 0.3 is 6.61 Å². The summed E-state index contributed by atoms with van der Waals surface area (Å²) >= 11 is 0. The maximum atomic E-state index is 11.9. The van der Waals surface area contributed by atoms with Crippen LogP contribution >= 0.6 is 0 Å². The number of methoxy groups -OCH3 is 1. The molecule has 0 heterocycles. The van der Waals surface area contributed by atoms with Crippen molar-refractivity contribution in [3.05, 3.63) is 28.3 Å². The Morgan fingerprint density at radius 3 is 2.40 bits per heavy atom. The average Bonchev–Trinajstić information content (AvgIpc) is 2.16. The predicted octanol–water partition coefficient (Wildman–Crippen LogP) is 2.20. The molecule has 1 aromatic carbocycles. The molecule has 0 radical (unpaired) electrons. The minimum Gasteiger partial charge on any atom is -0.496 e. The molecule has 15 heavy (non-hydrogen) atoms. The van der Waals surface area contributed by atoms with Crippen molar-refractivity contribution in [3.63, 3.8) is 0 Å². The van der Waals surface area contributed by atoms with E-state index in [1.54, 1.807) is 0 Å². The molecule has 82 valence electrons. The minimum absolute atomic E-state index is 0.0832. The number of hydrogen-bond acceptors (Lipinski definition) is 4. The van der Waals surface area contributed by atoms with Gasteiger partial charge in [0, 0.05) is 6.07 Å². The Hall–Kier alpha value is -1.92. The highest BCUT2D eigenvalue weighted by Gasteiger charge is 2.13. The fourth-order valence-corrected chi connectivity index (χ4v) is 0.951. The zero-order valence-electron chi connectivity index (χ0n) is 7.65.